The predicted molar refractivity (Wildman–Crippen MR) is 66.5 cm³/mol. The Kier molecular flexibility index (Phi) is 6.80. The Bertz CT molecular complexity index is 264. The van der Waals surface area contributed by atoms with E-state index in [2.05, 4.69) is 10.6 Å². The lowest BCUT2D eigenvalue weighted by molar-refractivity contribution is -0.147. The second kappa shape index (κ2) is 7.27. The van der Waals surface area contributed by atoms with E-state index in [9.17, 15) is 9.59 Å². The van der Waals surface area contributed by atoms with Crippen molar-refractivity contribution in [3.8, 4) is 0 Å². The number of rotatable bonds is 7. The van der Waals surface area contributed by atoms with E-state index in [1.807, 2.05) is 13.8 Å². The summed E-state index contributed by atoms with van der Waals surface area (Å²) in [4.78, 5) is 22.9. The molecule has 0 radical (unpaired) electrons. The molecule has 0 heterocycles. The molecule has 0 aromatic rings. The molecule has 0 rings (SSSR count). The van der Waals surface area contributed by atoms with Crippen LogP contribution in [0.4, 0.5) is 0 Å². The fraction of sp³-hybridized carbons (Fsp3) is 0.833. The molecule has 17 heavy (non-hydrogen) atoms. The topological polar surface area (TPSA) is 67.4 Å². The van der Waals surface area contributed by atoms with E-state index in [1.54, 1.807) is 20.9 Å². The molecular weight excluding hydrogens is 220 g/mol. The van der Waals surface area contributed by atoms with E-state index in [0.717, 1.165) is 0 Å². The molecule has 1 unspecified atom stereocenters. The third-order valence-corrected chi connectivity index (χ3v) is 2.55. The number of carbonyl (C=O) groups is 2. The van der Waals surface area contributed by atoms with Gasteiger partial charge in [0, 0.05) is 20.1 Å². The SMILES string of the molecule is CCOC(=O)C(C)CNCC(C)(C)C(=O)NC. The number of amides is 1. The molecule has 0 saturated carbocycles. The van der Waals surface area contributed by atoms with Gasteiger partial charge >= 0.3 is 5.97 Å². The van der Waals surface area contributed by atoms with Crippen LogP contribution in [0.1, 0.15) is 27.7 Å². The first kappa shape index (κ1) is 15.9. The van der Waals surface area contributed by atoms with E-state index >= 15 is 0 Å². The zero-order chi connectivity index (χ0) is 13.5. The number of ether oxygens (including phenoxy) is 1. The summed E-state index contributed by atoms with van der Waals surface area (Å²) in [7, 11) is 1.62. The zero-order valence-corrected chi connectivity index (χ0v) is 11.4. The number of hydrogen-bond acceptors (Lipinski definition) is 4. The summed E-state index contributed by atoms with van der Waals surface area (Å²) in [6.45, 7) is 8.73. The minimum atomic E-state index is -0.483. The molecule has 0 bridgehead atoms. The lowest BCUT2D eigenvalue weighted by Crippen LogP contribution is -2.43. The van der Waals surface area contributed by atoms with Crippen molar-refractivity contribution in [3.63, 3.8) is 0 Å². The fourth-order valence-electron chi connectivity index (χ4n) is 1.39. The van der Waals surface area contributed by atoms with Gasteiger partial charge in [-0.1, -0.05) is 6.92 Å². The average molecular weight is 244 g/mol. The molecule has 100 valence electrons. The Labute approximate surface area is 103 Å². The number of esters is 1. The van der Waals surface area contributed by atoms with Crippen molar-refractivity contribution in [1.82, 2.24) is 10.6 Å². The lowest BCUT2D eigenvalue weighted by atomic mass is 9.92. The van der Waals surface area contributed by atoms with Crippen LogP contribution in [0.15, 0.2) is 0 Å². The second-order valence-corrected chi connectivity index (χ2v) is 4.75. The highest BCUT2D eigenvalue weighted by Gasteiger charge is 2.26. The van der Waals surface area contributed by atoms with Crippen molar-refractivity contribution in [2.45, 2.75) is 27.7 Å². The maximum atomic E-state index is 11.5. The summed E-state index contributed by atoms with van der Waals surface area (Å²) in [5.41, 5.74) is -0.483. The van der Waals surface area contributed by atoms with Gasteiger partial charge in [-0.2, -0.15) is 0 Å². The van der Waals surface area contributed by atoms with Gasteiger partial charge in [-0.3, -0.25) is 9.59 Å². The van der Waals surface area contributed by atoms with E-state index in [4.69, 9.17) is 4.74 Å². The predicted octanol–water partition coefficient (Wildman–Crippen LogP) is 0.547. The quantitative estimate of drug-likeness (QED) is 0.642. The van der Waals surface area contributed by atoms with E-state index in [0.29, 0.717) is 19.7 Å². The van der Waals surface area contributed by atoms with Crippen LogP contribution in [0, 0.1) is 11.3 Å². The van der Waals surface area contributed by atoms with Gasteiger partial charge in [0.2, 0.25) is 5.91 Å². The Morgan fingerprint density at radius 3 is 2.41 bits per heavy atom. The van der Waals surface area contributed by atoms with E-state index in [1.165, 1.54) is 0 Å². The van der Waals surface area contributed by atoms with Crippen LogP contribution >= 0.6 is 0 Å². The van der Waals surface area contributed by atoms with E-state index < -0.39 is 5.41 Å². The highest BCUT2D eigenvalue weighted by atomic mass is 16.5. The van der Waals surface area contributed by atoms with Crippen molar-refractivity contribution in [1.29, 1.82) is 0 Å². The largest absolute Gasteiger partial charge is 0.466 e. The van der Waals surface area contributed by atoms with Gasteiger partial charge in [-0.25, -0.2) is 0 Å². The van der Waals surface area contributed by atoms with Crippen LogP contribution in [0.25, 0.3) is 0 Å². The molecule has 0 aromatic carbocycles. The standard InChI is InChI=1S/C12H24N2O3/c1-6-17-10(15)9(2)7-14-8-12(3,4)11(16)13-5/h9,14H,6-8H2,1-5H3,(H,13,16). The van der Waals surface area contributed by atoms with Gasteiger partial charge in [-0.05, 0) is 20.8 Å². The fourth-order valence-corrected chi connectivity index (χ4v) is 1.39. The Morgan fingerprint density at radius 2 is 1.94 bits per heavy atom. The molecule has 2 N–H and O–H groups in total. The first-order valence-electron chi connectivity index (χ1n) is 5.94. The second-order valence-electron chi connectivity index (χ2n) is 4.75. The highest BCUT2D eigenvalue weighted by molar-refractivity contribution is 5.81. The first-order chi connectivity index (χ1) is 7.85. The van der Waals surface area contributed by atoms with Gasteiger partial charge in [-0.15, -0.1) is 0 Å². The molecule has 1 amide bonds. The molecule has 5 heteroatoms. The molecule has 0 aliphatic rings. The Balaban J connectivity index is 3.98. The molecule has 5 nitrogen and oxygen atoms in total. The lowest BCUT2D eigenvalue weighted by Gasteiger charge is -2.23. The van der Waals surface area contributed by atoms with E-state index in [-0.39, 0.29) is 17.8 Å². The number of hydrogen-bond donors (Lipinski definition) is 2. The van der Waals surface area contributed by atoms with Crippen molar-refractivity contribution < 1.29 is 14.3 Å². The molecule has 1 atom stereocenters. The summed E-state index contributed by atoms with van der Waals surface area (Å²) in [5.74, 6) is -0.429. The van der Waals surface area contributed by atoms with Crippen LogP contribution in [-0.2, 0) is 14.3 Å². The molecular formula is C12H24N2O3. The molecule has 0 spiro atoms. The van der Waals surface area contributed by atoms with Gasteiger partial charge in [0.15, 0.2) is 0 Å². The Morgan fingerprint density at radius 1 is 1.35 bits per heavy atom. The summed E-state index contributed by atoms with van der Waals surface area (Å²) in [6, 6.07) is 0. The van der Waals surface area contributed by atoms with Crippen LogP contribution in [0.5, 0.6) is 0 Å². The third-order valence-electron chi connectivity index (χ3n) is 2.55. The van der Waals surface area contributed by atoms with Crippen LogP contribution in [-0.4, -0.2) is 38.6 Å². The average Bonchev–Trinajstić information content (AvgIpc) is 2.27. The summed E-state index contributed by atoms with van der Waals surface area (Å²) >= 11 is 0. The maximum Gasteiger partial charge on any atom is 0.309 e. The van der Waals surface area contributed by atoms with Crippen LogP contribution in [0.2, 0.25) is 0 Å². The monoisotopic (exact) mass is 244 g/mol. The molecule has 0 aromatic heterocycles. The van der Waals surface area contributed by atoms with Crippen LogP contribution < -0.4 is 10.6 Å². The third kappa shape index (κ3) is 5.68. The van der Waals surface area contributed by atoms with Crippen molar-refractivity contribution in [2.75, 3.05) is 26.7 Å². The van der Waals surface area contributed by atoms with Crippen molar-refractivity contribution in [2.24, 2.45) is 11.3 Å². The molecule has 0 saturated heterocycles. The summed E-state index contributed by atoms with van der Waals surface area (Å²) < 4.78 is 4.90. The molecule has 0 aliphatic heterocycles. The highest BCUT2D eigenvalue weighted by Crippen LogP contribution is 2.13. The number of carbonyl (C=O) groups excluding carboxylic acids is 2. The van der Waals surface area contributed by atoms with Gasteiger partial charge in [0.05, 0.1) is 17.9 Å². The minimum absolute atomic E-state index is 0.0196. The van der Waals surface area contributed by atoms with Crippen LogP contribution in [0.3, 0.4) is 0 Å². The molecule has 0 fully saturated rings. The van der Waals surface area contributed by atoms with Crippen molar-refractivity contribution in [3.05, 3.63) is 0 Å². The van der Waals surface area contributed by atoms with Gasteiger partial charge < -0.3 is 15.4 Å². The first-order valence-corrected chi connectivity index (χ1v) is 5.94. The Hall–Kier alpha value is -1.10. The smallest absolute Gasteiger partial charge is 0.309 e. The van der Waals surface area contributed by atoms with Gasteiger partial charge in [0.25, 0.3) is 0 Å². The summed E-state index contributed by atoms with van der Waals surface area (Å²) in [6.07, 6.45) is 0. The zero-order valence-electron chi connectivity index (χ0n) is 11.4. The van der Waals surface area contributed by atoms with Crippen molar-refractivity contribution >= 4 is 11.9 Å². The number of nitrogens with one attached hydrogen (secondary N) is 2. The van der Waals surface area contributed by atoms with Gasteiger partial charge in [0.1, 0.15) is 0 Å². The molecule has 0 aliphatic carbocycles. The minimum Gasteiger partial charge on any atom is -0.466 e. The maximum absolute atomic E-state index is 11.5. The normalized spacial score (nSPS) is 13.0. The summed E-state index contributed by atoms with van der Waals surface area (Å²) in [5, 5.41) is 5.73.